The molecule has 0 saturated carbocycles. The van der Waals surface area contributed by atoms with E-state index < -0.39 is 0 Å². The minimum Gasteiger partial charge on any atom is -0.370 e. The van der Waals surface area contributed by atoms with Gasteiger partial charge in [0.25, 0.3) is 0 Å². The Kier molecular flexibility index (Phi) is 7.79. The maximum absolute atomic E-state index is 6.23. The van der Waals surface area contributed by atoms with Gasteiger partial charge in [-0.25, -0.2) is 0 Å². The topological polar surface area (TPSA) is 70.9 Å². The van der Waals surface area contributed by atoms with Crippen molar-refractivity contribution in [3.05, 3.63) is 46.3 Å². The zero-order valence-electron chi connectivity index (χ0n) is 16.0. The number of hydrogen-bond acceptors (Lipinski definition) is 4. The quantitative estimate of drug-likeness (QED) is 0.390. The smallest absolute Gasteiger partial charge is 0.191 e. The molecule has 2 heterocycles. The van der Waals surface area contributed by atoms with Gasteiger partial charge in [0, 0.05) is 54.9 Å². The highest BCUT2D eigenvalue weighted by Gasteiger charge is 2.20. The van der Waals surface area contributed by atoms with Crippen molar-refractivity contribution in [3.8, 4) is 0 Å². The molecule has 0 spiro atoms. The maximum atomic E-state index is 6.23. The Labute approximate surface area is 182 Å². The second-order valence-electron chi connectivity index (χ2n) is 6.79. The molecule has 6 nitrogen and oxygen atoms in total. The molecular weight excluding hydrogens is 477 g/mol. The third-order valence-corrected chi connectivity index (χ3v) is 5.16. The van der Waals surface area contributed by atoms with Crippen LogP contribution in [0.15, 0.2) is 33.8 Å². The maximum Gasteiger partial charge on any atom is 0.191 e. The lowest BCUT2D eigenvalue weighted by molar-refractivity contribution is 0.380. The normalized spacial score (nSPS) is 16.2. The molecule has 27 heavy (non-hydrogen) atoms. The number of aryl methyl sites for hydroxylation is 2. The first-order valence-corrected chi connectivity index (χ1v) is 9.31. The number of benzene rings is 1. The molecular formula is C19H27ClIN5O. The molecule has 2 N–H and O–H groups in total. The van der Waals surface area contributed by atoms with Gasteiger partial charge in [0.15, 0.2) is 5.96 Å². The van der Waals surface area contributed by atoms with Crippen molar-refractivity contribution in [1.29, 1.82) is 0 Å². The number of aliphatic imine (C=N–C) groups is 1. The van der Waals surface area contributed by atoms with Crippen LogP contribution in [-0.4, -0.2) is 48.7 Å². The van der Waals surface area contributed by atoms with E-state index in [9.17, 15) is 0 Å². The molecule has 1 saturated heterocycles. The first-order chi connectivity index (χ1) is 12.5. The zero-order chi connectivity index (χ0) is 18.7. The van der Waals surface area contributed by atoms with Gasteiger partial charge in [-0.3, -0.25) is 4.99 Å². The van der Waals surface area contributed by atoms with E-state index >= 15 is 0 Å². The molecule has 1 unspecified atom stereocenters. The van der Waals surface area contributed by atoms with Crippen LogP contribution in [0.4, 0.5) is 5.69 Å². The Hall–Kier alpha value is -1.48. The highest BCUT2D eigenvalue weighted by Crippen LogP contribution is 2.23. The van der Waals surface area contributed by atoms with Crippen LogP contribution >= 0.6 is 35.6 Å². The summed E-state index contributed by atoms with van der Waals surface area (Å²) in [5, 5.41) is 4.78. The average molecular weight is 504 g/mol. The lowest BCUT2D eigenvalue weighted by Gasteiger charge is -2.36. The molecule has 0 amide bonds. The molecule has 0 aliphatic carbocycles. The highest BCUT2D eigenvalue weighted by molar-refractivity contribution is 14.0. The summed E-state index contributed by atoms with van der Waals surface area (Å²) in [5.74, 6) is 1.70. The molecule has 2 aromatic rings. The number of piperazine rings is 1. The Bertz CT molecular complexity index is 749. The van der Waals surface area contributed by atoms with Crippen molar-refractivity contribution >= 4 is 47.2 Å². The monoisotopic (exact) mass is 503 g/mol. The van der Waals surface area contributed by atoms with Gasteiger partial charge in [-0.15, -0.1) is 24.0 Å². The van der Waals surface area contributed by atoms with Crippen molar-refractivity contribution in [3.63, 3.8) is 0 Å². The molecule has 1 aliphatic rings. The molecule has 0 radical (unpaired) electrons. The molecule has 148 valence electrons. The minimum absolute atomic E-state index is 0. The van der Waals surface area contributed by atoms with Gasteiger partial charge in [0.1, 0.15) is 5.76 Å². The summed E-state index contributed by atoms with van der Waals surface area (Å²) >= 11 is 5.96. The van der Waals surface area contributed by atoms with Crippen LogP contribution in [-0.2, 0) is 0 Å². The second kappa shape index (κ2) is 9.64. The Balaban J connectivity index is 0.00000261. The number of aromatic nitrogens is 1. The third-order valence-electron chi connectivity index (χ3n) is 4.90. The van der Waals surface area contributed by atoms with Gasteiger partial charge in [-0.2, -0.15) is 0 Å². The van der Waals surface area contributed by atoms with Crippen LogP contribution in [0.5, 0.6) is 0 Å². The predicted octanol–water partition coefficient (Wildman–Crippen LogP) is 3.80. The van der Waals surface area contributed by atoms with Gasteiger partial charge >= 0.3 is 0 Å². The van der Waals surface area contributed by atoms with E-state index in [0.29, 0.717) is 12.5 Å². The fourth-order valence-electron chi connectivity index (χ4n) is 3.46. The average Bonchev–Trinajstić information content (AvgIpc) is 2.99. The van der Waals surface area contributed by atoms with Gasteiger partial charge in [0.2, 0.25) is 0 Å². The summed E-state index contributed by atoms with van der Waals surface area (Å²) in [4.78, 5) is 9.10. The number of nitrogens with zero attached hydrogens (tertiary/aromatic N) is 4. The summed E-state index contributed by atoms with van der Waals surface area (Å²) in [6.45, 7) is 10.2. The number of rotatable bonds is 4. The first kappa shape index (κ1) is 21.8. The number of anilines is 1. The molecule has 1 atom stereocenters. The first-order valence-electron chi connectivity index (χ1n) is 8.94. The van der Waals surface area contributed by atoms with Crippen LogP contribution in [0.2, 0.25) is 5.02 Å². The molecule has 1 fully saturated rings. The number of nitrogens with two attached hydrogens (primary N) is 1. The lowest BCUT2D eigenvalue weighted by atomic mass is 10.00. The van der Waals surface area contributed by atoms with Gasteiger partial charge in [0.05, 0.1) is 5.69 Å². The molecule has 8 heteroatoms. The van der Waals surface area contributed by atoms with Crippen molar-refractivity contribution < 1.29 is 4.52 Å². The standard InChI is InChI=1S/C19H26ClN5O.HI/c1-13(18-14(2)23-26-15(18)3)12-22-19(21)25-10-8-24(9-11-25)17-6-4-16(20)5-7-17;/h4-7,13H,8-12H2,1-3H3,(H2,21,22);1H. The highest BCUT2D eigenvalue weighted by atomic mass is 127. The summed E-state index contributed by atoms with van der Waals surface area (Å²) in [7, 11) is 0. The summed E-state index contributed by atoms with van der Waals surface area (Å²) in [6, 6.07) is 7.96. The van der Waals surface area contributed by atoms with Crippen LogP contribution in [0, 0.1) is 13.8 Å². The SMILES string of the molecule is Cc1noc(C)c1C(C)CN=C(N)N1CCN(c2ccc(Cl)cc2)CC1.I. The molecule has 0 bridgehead atoms. The number of guanidine groups is 1. The Morgan fingerprint density at radius 2 is 1.85 bits per heavy atom. The molecule has 1 aromatic carbocycles. The summed E-state index contributed by atoms with van der Waals surface area (Å²) in [6.07, 6.45) is 0. The minimum atomic E-state index is 0. The van der Waals surface area contributed by atoms with Gasteiger partial charge in [-0.1, -0.05) is 23.7 Å². The molecule has 1 aliphatic heterocycles. The van der Waals surface area contributed by atoms with Crippen molar-refractivity contribution in [2.45, 2.75) is 26.7 Å². The van der Waals surface area contributed by atoms with E-state index in [4.69, 9.17) is 21.9 Å². The van der Waals surface area contributed by atoms with E-state index in [1.165, 1.54) is 5.69 Å². The van der Waals surface area contributed by atoms with Crippen LogP contribution in [0.1, 0.15) is 29.9 Å². The van der Waals surface area contributed by atoms with Crippen molar-refractivity contribution in [1.82, 2.24) is 10.1 Å². The number of hydrogen-bond donors (Lipinski definition) is 1. The van der Waals surface area contributed by atoms with Crippen LogP contribution in [0.25, 0.3) is 0 Å². The largest absolute Gasteiger partial charge is 0.370 e. The van der Waals surface area contributed by atoms with Gasteiger partial charge in [-0.05, 0) is 38.1 Å². The van der Waals surface area contributed by atoms with Crippen LogP contribution in [0.3, 0.4) is 0 Å². The van der Waals surface area contributed by atoms with E-state index in [0.717, 1.165) is 48.2 Å². The number of halogens is 2. The van der Waals surface area contributed by atoms with Crippen LogP contribution < -0.4 is 10.6 Å². The van der Waals surface area contributed by atoms with Crippen molar-refractivity contribution in [2.24, 2.45) is 10.7 Å². The fraction of sp³-hybridized carbons (Fsp3) is 0.474. The van der Waals surface area contributed by atoms with E-state index in [2.05, 4.69) is 39.0 Å². The molecule has 1 aromatic heterocycles. The van der Waals surface area contributed by atoms with E-state index in [-0.39, 0.29) is 29.9 Å². The van der Waals surface area contributed by atoms with Crippen molar-refractivity contribution in [2.75, 3.05) is 37.6 Å². The molecule has 3 rings (SSSR count). The summed E-state index contributed by atoms with van der Waals surface area (Å²) < 4.78 is 5.25. The van der Waals surface area contributed by atoms with E-state index in [1.54, 1.807) is 0 Å². The fourth-order valence-corrected chi connectivity index (χ4v) is 3.59. The van der Waals surface area contributed by atoms with Gasteiger partial charge < -0.3 is 20.1 Å². The third kappa shape index (κ3) is 5.28. The Morgan fingerprint density at radius 3 is 2.41 bits per heavy atom. The predicted molar refractivity (Wildman–Crippen MR) is 122 cm³/mol. The summed E-state index contributed by atoms with van der Waals surface area (Å²) in [5.41, 5.74) is 9.49. The Morgan fingerprint density at radius 1 is 1.22 bits per heavy atom. The lowest BCUT2D eigenvalue weighted by Crippen LogP contribution is -2.51. The zero-order valence-corrected chi connectivity index (χ0v) is 19.1. The van der Waals surface area contributed by atoms with E-state index in [1.807, 2.05) is 26.0 Å². The second-order valence-corrected chi connectivity index (χ2v) is 7.22.